The Morgan fingerprint density at radius 2 is 1.66 bits per heavy atom. The van der Waals surface area contributed by atoms with Crippen LogP contribution in [0.15, 0.2) is 60.7 Å². The molecule has 1 aromatic heterocycles. The van der Waals surface area contributed by atoms with E-state index in [2.05, 4.69) is 20.8 Å². The third kappa shape index (κ3) is 5.93. The van der Waals surface area contributed by atoms with Gasteiger partial charge in [-0.3, -0.25) is 4.79 Å². The van der Waals surface area contributed by atoms with Crippen molar-refractivity contribution in [3.05, 3.63) is 71.9 Å². The fourth-order valence-electron chi connectivity index (χ4n) is 2.67. The molecule has 0 spiro atoms. The van der Waals surface area contributed by atoms with Gasteiger partial charge in [0.1, 0.15) is 17.3 Å². The summed E-state index contributed by atoms with van der Waals surface area (Å²) in [6.45, 7) is 3.23. The van der Waals surface area contributed by atoms with Gasteiger partial charge < -0.3 is 20.1 Å². The molecule has 0 saturated carbocycles. The number of hydrogen-bond acceptors (Lipinski definition) is 6. The molecule has 1 amide bonds. The number of amides is 1. The highest BCUT2D eigenvalue weighted by Gasteiger charge is 2.09. The SMILES string of the molecule is CCOc1ccc(NC(=O)c2ccc(NCCc3ccc(OC)cc3)nn2)cc1. The van der Waals surface area contributed by atoms with Crippen LogP contribution in [0.4, 0.5) is 11.5 Å². The maximum Gasteiger partial charge on any atom is 0.276 e. The summed E-state index contributed by atoms with van der Waals surface area (Å²) in [7, 11) is 1.65. The van der Waals surface area contributed by atoms with E-state index in [0.29, 0.717) is 24.7 Å². The molecule has 0 aliphatic carbocycles. The molecule has 0 fully saturated rings. The molecular weight excluding hydrogens is 368 g/mol. The first-order chi connectivity index (χ1) is 14.2. The van der Waals surface area contributed by atoms with Gasteiger partial charge in [-0.2, -0.15) is 0 Å². The summed E-state index contributed by atoms with van der Waals surface area (Å²) in [6, 6.07) is 18.5. The molecule has 3 rings (SSSR count). The summed E-state index contributed by atoms with van der Waals surface area (Å²) in [5.74, 6) is 1.91. The first kappa shape index (κ1) is 20.1. The predicted octanol–water partition coefficient (Wildman–Crippen LogP) is 3.79. The largest absolute Gasteiger partial charge is 0.497 e. The van der Waals surface area contributed by atoms with Gasteiger partial charge in [0.05, 0.1) is 13.7 Å². The fraction of sp³-hybridized carbons (Fsp3) is 0.227. The first-order valence-corrected chi connectivity index (χ1v) is 9.42. The lowest BCUT2D eigenvalue weighted by Crippen LogP contribution is -2.15. The number of nitrogens with zero attached hydrogens (tertiary/aromatic N) is 2. The fourth-order valence-corrected chi connectivity index (χ4v) is 2.67. The summed E-state index contributed by atoms with van der Waals surface area (Å²) >= 11 is 0. The van der Waals surface area contributed by atoms with Crippen LogP contribution in [0.2, 0.25) is 0 Å². The number of methoxy groups -OCH3 is 1. The van der Waals surface area contributed by atoms with E-state index in [1.165, 1.54) is 5.56 Å². The molecule has 0 unspecified atom stereocenters. The van der Waals surface area contributed by atoms with Crippen molar-refractivity contribution in [3.8, 4) is 11.5 Å². The molecule has 1 heterocycles. The number of anilines is 2. The third-order valence-corrected chi connectivity index (χ3v) is 4.20. The van der Waals surface area contributed by atoms with Crippen molar-refractivity contribution >= 4 is 17.4 Å². The van der Waals surface area contributed by atoms with Crippen molar-refractivity contribution in [3.63, 3.8) is 0 Å². The Morgan fingerprint density at radius 3 is 2.28 bits per heavy atom. The molecule has 0 saturated heterocycles. The Labute approximate surface area is 170 Å². The van der Waals surface area contributed by atoms with Gasteiger partial charge in [-0.15, -0.1) is 10.2 Å². The maximum absolute atomic E-state index is 12.3. The van der Waals surface area contributed by atoms with Crippen molar-refractivity contribution in [2.75, 3.05) is 30.9 Å². The minimum atomic E-state index is -0.313. The molecule has 7 heteroatoms. The topological polar surface area (TPSA) is 85.4 Å². The number of carbonyl (C=O) groups excluding carboxylic acids is 1. The van der Waals surface area contributed by atoms with Crippen LogP contribution in [-0.2, 0) is 6.42 Å². The van der Waals surface area contributed by atoms with Crippen molar-refractivity contribution < 1.29 is 14.3 Å². The lowest BCUT2D eigenvalue weighted by Gasteiger charge is -2.08. The molecule has 2 aromatic carbocycles. The summed E-state index contributed by atoms with van der Waals surface area (Å²) < 4.78 is 10.5. The highest BCUT2D eigenvalue weighted by Crippen LogP contribution is 2.16. The molecule has 2 N–H and O–H groups in total. The van der Waals surface area contributed by atoms with Gasteiger partial charge in [0, 0.05) is 12.2 Å². The predicted molar refractivity (Wildman–Crippen MR) is 113 cm³/mol. The van der Waals surface area contributed by atoms with Crippen molar-refractivity contribution in [1.82, 2.24) is 10.2 Å². The van der Waals surface area contributed by atoms with Gasteiger partial charge in [-0.25, -0.2) is 0 Å². The van der Waals surface area contributed by atoms with Crippen LogP contribution < -0.4 is 20.1 Å². The van der Waals surface area contributed by atoms with Crippen molar-refractivity contribution in [2.45, 2.75) is 13.3 Å². The Kier molecular flexibility index (Phi) is 7.00. The zero-order valence-corrected chi connectivity index (χ0v) is 16.5. The molecule has 0 atom stereocenters. The van der Waals surface area contributed by atoms with E-state index in [1.807, 2.05) is 31.2 Å². The second-order valence-corrected chi connectivity index (χ2v) is 6.24. The molecule has 150 valence electrons. The maximum atomic E-state index is 12.3. The smallest absolute Gasteiger partial charge is 0.276 e. The molecule has 0 radical (unpaired) electrons. The minimum absolute atomic E-state index is 0.250. The highest BCUT2D eigenvalue weighted by molar-refractivity contribution is 6.02. The Hall–Kier alpha value is -3.61. The third-order valence-electron chi connectivity index (χ3n) is 4.20. The molecule has 3 aromatic rings. The number of hydrogen-bond donors (Lipinski definition) is 2. The lowest BCUT2D eigenvalue weighted by atomic mass is 10.1. The standard InChI is InChI=1S/C22H24N4O3/c1-3-29-19-10-6-17(7-11-19)24-22(27)20-12-13-21(26-25-20)23-15-14-16-4-8-18(28-2)9-5-16/h4-13H,3,14-15H2,1-2H3,(H,23,26)(H,24,27). The summed E-state index contributed by atoms with van der Waals surface area (Å²) in [5.41, 5.74) is 2.11. The van der Waals surface area contributed by atoms with Crippen molar-refractivity contribution in [2.24, 2.45) is 0 Å². The number of ether oxygens (including phenoxy) is 2. The van der Waals surface area contributed by atoms with Crippen LogP contribution in [0.3, 0.4) is 0 Å². The number of benzene rings is 2. The Morgan fingerprint density at radius 1 is 0.931 bits per heavy atom. The summed E-state index contributed by atoms with van der Waals surface area (Å²) in [4.78, 5) is 12.3. The zero-order chi connectivity index (χ0) is 20.5. The molecule has 0 aliphatic heterocycles. The van der Waals surface area contributed by atoms with Gasteiger partial charge >= 0.3 is 0 Å². The number of nitrogens with one attached hydrogen (secondary N) is 2. The number of carbonyl (C=O) groups is 1. The van der Waals surface area contributed by atoms with Gasteiger partial charge in [0.2, 0.25) is 0 Å². The van der Waals surface area contributed by atoms with Gasteiger partial charge in [-0.1, -0.05) is 12.1 Å². The molecule has 29 heavy (non-hydrogen) atoms. The van der Waals surface area contributed by atoms with Crippen LogP contribution >= 0.6 is 0 Å². The van der Waals surface area contributed by atoms with E-state index >= 15 is 0 Å². The first-order valence-electron chi connectivity index (χ1n) is 9.42. The van der Waals surface area contributed by atoms with E-state index in [9.17, 15) is 4.79 Å². The number of rotatable bonds is 9. The summed E-state index contributed by atoms with van der Waals surface area (Å²) in [5, 5.41) is 14.1. The Balaban J connectivity index is 1.48. The highest BCUT2D eigenvalue weighted by atomic mass is 16.5. The van der Waals surface area contributed by atoms with E-state index < -0.39 is 0 Å². The minimum Gasteiger partial charge on any atom is -0.497 e. The molecular formula is C22H24N4O3. The van der Waals surface area contributed by atoms with Gasteiger partial charge in [-0.05, 0) is 67.4 Å². The molecule has 0 bridgehead atoms. The van der Waals surface area contributed by atoms with E-state index in [-0.39, 0.29) is 11.6 Å². The zero-order valence-electron chi connectivity index (χ0n) is 16.5. The van der Waals surface area contributed by atoms with Crippen LogP contribution in [0, 0.1) is 0 Å². The Bertz CT molecular complexity index is 910. The van der Waals surface area contributed by atoms with Crippen LogP contribution in [0.5, 0.6) is 11.5 Å². The molecule has 7 nitrogen and oxygen atoms in total. The van der Waals surface area contributed by atoms with Crippen LogP contribution in [0.1, 0.15) is 23.0 Å². The van der Waals surface area contributed by atoms with E-state index in [0.717, 1.165) is 17.9 Å². The van der Waals surface area contributed by atoms with E-state index in [1.54, 1.807) is 43.5 Å². The summed E-state index contributed by atoms with van der Waals surface area (Å²) in [6.07, 6.45) is 0.839. The normalized spacial score (nSPS) is 10.3. The van der Waals surface area contributed by atoms with Gasteiger partial charge in [0.15, 0.2) is 5.69 Å². The average Bonchev–Trinajstić information content (AvgIpc) is 2.76. The van der Waals surface area contributed by atoms with Gasteiger partial charge in [0.25, 0.3) is 5.91 Å². The van der Waals surface area contributed by atoms with Crippen LogP contribution in [0.25, 0.3) is 0 Å². The van der Waals surface area contributed by atoms with Crippen molar-refractivity contribution in [1.29, 1.82) is 0 Å². The average molecular weight is 392 g/mol. The van der Waals surface area contributed by atoms with E-state index in [4.69, 9.17) is 9.47 Å². The quantitative estimate of drug-likeness (QED) is 0.576. The molecule has 0 aliphatic rings. The second kappa shape index (κ2) is 10.1. The van der Waals surface area contributed by atoms with Crippen LogP contribution in [-0.4, -0.2) is 36.4 Å². The monoisotopic (exact) mass is 392 g/mol. The second-order valence-electron chi connectivity index (χ2n) is 6.24. The lowest BCUT2D eigenvalue weighted by molar-refractivity contribution is 0.102. The number of aromatic nitrogens is 2.